The van der Waals surface area contributed by atoms with Crippen LogP contribution in [0.3, 0.4) is 0 Å². The van der Waals surface area contributed by atoms with Gasteiger partial charge in [0.1, 0.15) is 0 Å². The molecule has 1 aromatic rings. The first-order chi connectivity index (χ1) is 7.63. The third-order valence-electron chi connectivity index (χ3n) is 3.13. The molecule has 1 unspecified atom stereocenters. The minimum Gasteiger partial charge on any atom is -0.478 e. The van der Waals surface area contributed by atoms with Crippen molar-refractivity contribution in [3.63, 3.8) is 0 Å². The Kier molecular flexibility index (Phi) is 2.86. The second kappa shape index (κ2) is 4.16. The van der Waals surface area contributed by atoms with E-state index >= 15 is 0 Å². The van der Waals surface area contributed by atoms with Crippen LogP contribution in [0.15, 0.2) is 18.2 Å². The van der Waals surface area contributed by atoms with Crippen LogP contribution in [0, 0.1) is 0 Å². The van der Waals surface area contributed by atoms with E-state index in [4.69, 9.17) is 5.11 Å². The van der Waals surface area contributed by atoms with Gasteiger partial charge in [-0.25, -0.2) is 4.79 Å². The number of carbonyl (C=O) groups is 1. The molecule has 3 nitrogen and oxygen atoms in total. The Labute approximate surface area is 95.7 Å². The highest BCUT2D eigenvalue weighted by Crippen LogP contribution is 2.36. The lowest BCUT2D eigenvalue weighted by Crippen LogP contribution is -2.21. The van der Waals surface area contributed by atoms with E-state index in [1.54, 1.807) is 6.07 Å². The third-order valence-corrected chi connectivity index (χ3v) is 3.13. The van der Waals surface area contributed by atoms with Crippen molar-refractivity contribution in [3.8, 4) is 0 Å². The minimum absolute atomic E-state index is 0.393. The third kappa shape index (κ3) is 1.77. The smallest absolute Gasteiger partial charge is 0.335 e. The predicted molar refractivity (Wildman–Crippen MR) is 64.3 cm³/mol. The molecule has 2 rings (SSSR count). The van der Waals surface area contributed by atoms with Crippen molar-refractivity contribution in [1.82, 2.24) is 0 Å². The lowest BCUT2D eigenvalue weighted by Gasteiger charge is -2.18. The Balaban J connectivity index is 2.37. The largest absolute Gasteiger partial charge is 0.478 e. The fourth-order valence-corrected chi connectivity index (χ4v) is 2.38. The zero-order valence-electron chi connectivity index (χ0n) is 9.73. The van der Waals surface area contributed by atoms with Gasteiger partial charge in [-0.1, -0.05) is 13.8 Å². The molecule has 0 spiro atoms. The van der Waals surface area contributed by atoms with Gasteiger partial charge in [0.15, 0.2) is 0 Å². The monoisotopic (exact) mass is 219 g/mol. The molecule has 16 heavy (non-hydrogen) atoms. The van der Waals surface area contributed by atoms with Gasteiger partial charge in [-0.05, 0) is 30.2 Å². The van der Waals surface area contributed by atoms with Gasteiger partial charge in [-0.2, -0.15) is 0 Å². The summed E-state index contributed by atoms with van der Waals surface area (Å²) in [7, 11) is 0. The topological polar surface area (TPSA) is 40.5 Å². The number of hydrogen-bond donors (Lipinski definition) is 1. The Morgan fingerprint density at radius 1 is 1.56 bits per heavy atom. The number of rotatable bonds is 3. The maximum absolute atomic E-state index is 10.9. The number of carboxylic acids is 1. The summed E-state index contributed by atoms with van der Waals surface area (Å²) in [6.07, 6.45) is 1.12. The van der Waals surface area contributed by atoms with Crippen molar-refractivity contribution in [2.45, 2.75) is 26.2 Å². The molecule has 1 N–H and O–H groups in total. The van der Waals surface area contributed by atoms with Crippen LogP contribution in [-0.4, -0.2) is 24.2 Å². The Hall–Kier alpha value is -1.51. The highest BCUT2D eigenvalue weighted by atomic mass is 16.4. The van der Waals surface area contributed by atoms with Crippen LogP contribution in [0.4, 0.5) is 5.69 Å². The number of nitrogens with zero attached hydrogens (tertiary/aromatic N) is 1. The van der Waals surface area contributed by atoms with Crippen LogP contribution in [0.5, 0.6) is 0 Å². The summed E-state index contributed by atoms with van der Waals surface area (Å²) in [5.74, 6) is -0.412. The first kappa shape index (κ1) is 11.0. The normalized spacial score (nSPS) is 18.6. The molecule has 0 fully saturated rings. The Bertz CT molecular complexity index is 414. The number of benzene rings is 1. The second-order valence-electron chi connectivity index (χ2n) is 4.43. The summed E-state index contributed by atoms with van der Waals surface area (Å²) in [5, 5.41) is 8.96. The lowest BCUT2D eigenvalue weighted by atomic mass is 10.0. The molecule has 1 aliphatic rings. The molecule has 0 saturated carbocycles. The Morgan fingerprint density at radius 3 is 2.94 bits per heavy atom. The maximum atomic E-state index is 10.9. The van der Waals surface area contributed by atoms with Crippen molar-refractivity contribution in [1.29, 1.82) is 0 Å². The molecule has 1 atom stereocenters. The van der Waals surface area contributed by atoms with E-state index in [9.17, 15) is 4.79 Å². The van der Waals surface area contributed by atoms with E-state index in [2.05, 4.69) is 18.7 Å². The summed E-state index contributed by atoms with van der Waals surface area (Å²) >= 11 is 0. The van der Waals surface area contributed by atoms with E-state index in [0.29, 0.717) is 11.5 Å². The van der Waals surface area contributed by atoms with Crippen molar-refractivity contribution < 1.29 is 9.90 Å². The molecule has 0 aromatic heterocycles. The fraction of sp³-hybridized carbons (Fsp3) is 0.462. The zero-order valence-corrected chi connectivity index (χ0v) is 9.73. The fourth-order valence-electron chi connectivity index (χ4n) is 2.38. The molecule has 0 amide bonds. The van der Waals surface area contributed by atoms with Crippen LogP contribution >= 0.6 is 0 Å². The van der Waals surface area contributed by atoms with Crippen LogP contribution in [0.25, 0.3) is 0 Å². The highest BCUT2D eigenvalue weighted by Gasteiger charge is 2.25. The molecule has 0 saturated heterocycles. The number of fused-ring (bicyclic) bond motifs is 1. The molecule has 0 aliphatic carbocycles. The molecule has 1 heterocycles. The predicted octanol–water partition coefficient (Wildman–Crippen LogP) is 2.72. The van der Waals surface area contributed by atoms with E-state index in [0.717, 1.165) is 19.5 Å². The average Bonchev–Trinajstić information content (AvgIpc) is 2.56. The quantitative estimate of drug-likeness (QED) is 0.849. The standard InChI is InChI=1S/C13H17NO2/c1-3-6-14-8-9(2)11-7-10(13(15)16)4-5-12(11)14/h4-5,7,9H,3,6,8H2,1-2H3,(H,15,16). The number of hydrogen-bond acceptors (Lipinski definition) is 2. The lowest BCUT2D eigenvalue weighted by molar-refractivity contribution is 0.0697. The molecule has 1 aliphatic heterocycles. The van der Waals surface area contributed by atoms with E-state index < -0.39 is 5.97 Å². The van der Waals surface area contributed by atoms with Gasteiger partial charge in [-0.15, -0.1) is 0 Å². The summed E-state index contributed by atoms with van der Waals surface area (Å²) in [6, 6.07) is 5.46. The molecule has 1 aromatic carbocycles. The van der Waals surface area contributed by atoms with Crippen LogP contribution < -0.4 is 4.90 Å². The Morgan fingerprint density at radius 2 is 2.31 bits per heavy atom. The van der Waals surface area contributed by atoms with Crippen LogP contribution in [0.2, 0.25) is 0 Å². The first-order valence-electron chi connectivity index (χ1n) is 5.75. The van der Waals surface area contributed by atoms with Crippen molar-refractivity contribution in [2.24, 2.45) is 0 Å². The molecule has 3 heteroatoms. The molecular formula is C13H17NO2. The van der Waals surface area contributed by atoms with Crippen molar-refractivity contribution in [2.75, 3.05) is 18.0 Å². The van der Waals surface area contributed by atoms with Gasteiger partial charge in [0.2, 0.25) is 0 Å². The number of anilines is 1. The van der Waals surface area contributed by atoms with E-state index in [1.165, 1.54) is 11.3 Å². The van der Waals surface area contributed by atoms with Gasteiger partial charge in [0.05, 0.1) is 5.56 Å². The van der Waals surface area contributed by atoms with Crippen molar-refractivity contribution >= 4 is 11.7 Å². The van der Waals surface area contributed by atoms with Gasteiger partial charge in [-0.3, -0.25) is 0 Å². The van der Waals surface area contributed by atoms with Gasteiger partial charge in [0, 0.05) is 24.7 Å². The second-order valence-corrected chi connectivity index (χ2v) is 4.43. The van der Waals surface area contributed by atoms with Crippen LogP contribution in [-0.2, 0) is 0 Å². The number of carboxylic acid groups (broad SMARTS) is 1. The minimum atomic E-state index is -0.844. The van der Waals surface area contributed by atoms with Crippen LogP contribution in [0.1, 0.15) is 42.1 Å². The van der Waals surface area contributed by atoms with E-state index in [-0.39, 0.29) is 0 Å². The highest BCUT2D eigenvalue weighted by molar-refractivity contribution is 5.89. The molecule has 0 radical (unpaired) electrons. The van der Waals surface area contributed by atoms with E-state index in [1.807, 2.05) is 12.1 Å². The van der Waals surface area contributed by atoms with Gasteiger partial charge in [0.25, 0.3) is 0 Å². The maximum Gasteiger partial charge on any atom is 0.335 e. The van der Waals surface area contributed by atoms with Crippen molar-refractivity contribution in [3.05, 3.63) is 29.3 Å². The van der Waals surface area contributed by atoms with Gasteiger partial charge < -0.3 is 10.0 Å². The van der Waals surface area contributed by atoms with Gasteiger partial charge >= 0.3 is 5.97 Å². The summed E-state index contributed by atoms with van der Waals surface area (Å²) in [6.45, 7) is 6.37. The molecular weight excluding hydrogens is 202 g/mol. The number of aromatic carboxylic acids is 1. The summed E-state index contributed by atoms with van der Waals surface area (Å²) in [5.41, 5.74) is 2.77. The summed E-state index contributed by atoms with van der Waals surface area (Å²) in [4.78, 5) is 13.2. The first-order valence-corrected chi connectivity index (χ1v) is 5.75. The zero-order chi connectivity index (χ0) is 11.7. The SMILES string of the molecule is CCCN1CC(C)c2cc(C(=O)O)ccc21. The molecule has 0 bridgehead atoms. The molecule has 86 valence electrons. The average molecular weight is 219 g/mol. The summed E-state index contributed by atoms with van der Waals surface area (Å²) < 4.78 is 0.